The molecular formula is C24H37N3O5S. The van der Waals surface area contributed by atoms with Gasteiger partial charge in [0.15, 0.2) is 0 Å². The second kappa shape index (κ2) is 10.7. The average molecular weight is 480 g/mol. The van der Waals surface area contributed by atoms with Gasteiger partial charge in [-0.15, -0.1) is 0 Å². The Morgan fingerprint density at radius 1 is 1.18 bits per heavy atom. The molecule has 9 heteroatoms. The van der Waals surface area contributed by atoms with E-state index in [1.54, 1.807) is 32.9 Å². The molecule has 0 heterocycles. The normalized spacial score (nSPS) is 16.2. The number of nitrogens with one attached hydrogen (secondary N) is 2. The Morgan fingerprint density at radius 2 is 1.82 bits per heavy atom. The minimum absolute atomic E-state index is 0.000285. The summed E-state index contributed by atoms with van der Waals surface area (Å²) in [7, 11) is 0. The maximum atomic E-state index is 13.7. The number of amides is 3. The molecule has 8 nitrogen and oxygen atoms in total. The van der Waals surface area contributed by atoms with Crippen LogP contribution in [-0.2, 0) is 14.3 Å². The Hall–Kier alpha value is -2.42. The Kier molecular flexibility index (Phi) is 8.68. The van der Waals surface area contributed by atoms with E-state index >= 15 is 0 Å². The van der Waals surface area contributed by atoms with Crippen LogP contribution in [0.15, 0.2) is 24.3 Å². The Bertz CT molecular complexity index is 858. The largest absolute Gasteiger partial charge is 0.508 e. The number of carbonyl (C=O) groups is 3. The van der Waals surface area contributed by atoms with Crippen molar-refractivity contribution in [2.75, 3.05) is 5.75 Å². The minimum Gasteiger partial charge on any atom is -0.508 e. The topological polar surface area (TPSA) is 108 Å². The number of phenolic OH excluding ortho intramolecular Hbond substituents is 1. The number of carbonyl (C=O) groups excluding carboxylic acids is 3. The van der Waals surface area contributed by atoms with E-state index in [0.717, 1.165) is 19.3 Å². The molecule has 184 valence electrons. The van der Waals surface area contributed by atoms with Crippen LogP contribution in [0.4, 0.5) is 4.79 Å². The molecule has 2 unspecified atom stereocenters. The molecule has 2 rings (SSSR count). The Labute approximate surface area is 201 Å². The maximum Gasteiger partial charge on any atom is 0.408 e. The maximum absolute atomic E-state index is 13.7. The van der Waals surface area contributed by atoms with E-state index in [2.05, 4.69) is 23.3 Å². The fraction of sp³-hybridized carbons (Fsp3) is 0.625. The fourth-order valence-corrected chi connectivity index (χ4v) is 3.82. The zero-order chi connectivity index (χ0) is 25.0. The number of aromatic hydroxyl groups is 1. The van der Waals surface area contributed by atoms with Crippen molar-refractivity contribution in [3.63, 3.8) is 0 Å². The van der Waals surface area contributed by atoms with Crippen molar-refractivity contribution in [2.24, 2.45) is 0 Å². The lowest BCUT2D eigenvalue weighted by molar-refractivity contribution is -0.147. The van der Waals surface area contributed by atoms with Crippen LogP contribution >= 0.6 is 12.6 Å². The monoisotopic (exact) mass is 479 g/mol. The third kappa shape index (κ3) is 7.84. The van der Waals surface area contributed by atoms with Gasteiger partial charge in [0, 0.05) is 17.3 Å². The standard InChI is InChI=1S/C24H37N3O5S/c1-23(2,3)26-20(29)19(15-9-7-12-17(28)13-15)27(16-10-8-11-16)21(30)18(14-33)25-22(31)32-24(4,5)6/h7,9,12-13,16,18-19,28,33H,8,10-11,14H2,1-6H3,(H,25,31)(H,26,29). The number of phenols is 1. The molecule has 0 aliphatic heterocycles. The average Bonchev–Trinajstić information content (AvgIpc) is 2.60. The molecule has 1 aliphatic rings. The van der Waals surface area contributed by atoms with Crippen molar-refractivity contribution in [3.8, 4) is 5.75 Å². The van der Waals surface area contributed by atoms with Gasteiger partial charge in [-0.2, -0.15) is 12.6 Å². The van der Waals surface area contributed by atoms with E-state index < -0.39 is 35.2 Å². The van der Waals surface area contributed by atoms with E-state index in [1.807, 2.05) is 20.8 Å². The van der Waals surface area contributed by atoms with Crippen molar-refractivity contribution in [1.82, 2.24) is 15.5 Å². The molecule has 1 fully saturated rings. The summed E-state index contributed by atoms with van der Waals surface area (Å²) < 4.78 is 5.31. The predicted octanol–water partition coefficient (Wildman–Crippen LogP) is 3.55. The first kappa shape index (κ1) is 26.8. The van der Waals surface area contributed by atoms with E-state index in [0.29, 0.717) is 5.56 Å². The number of hydrogen-bond acceptors (Lipinski definition) is 6. The summed E-state index contributed by atoms with van der Waals surface area (Å²) in [4.78, 5) is 41.1. The van der Waals surface area contributed by atoms with Crippen LogP contribution in [0.5, 0.6) is 5.75 Å². The molecule has 1 aromatic carbocycles. The highest BCUT2D eigenvalue weighted by Crippen LogP contribution is 2.35. The SMILES string of the molecule is CC(C)(C)NC(=O)C(c1cccc(O)c1)N(C(=O)C(CS)NC(=O)OC(C)(C)C)C1CCC1. The molecule has 0 spiro atoms. The number of benzene rings is 1. The van der Waals surface area contributed by atoms with Crippen LogP contribution in [0, 0.1) is 0 Å². The molecule has 2 atom stereocenters. The van der Waals surface area contributed by atoms with Crippen LogP contribution in [0.3, 0.4) is 0 Å². The van der Waals surface area contributed by atoms with Crippen molar-refractivity contribution < 1.29 is 24.2 Å². The molecule has 1 saturated carbocycles. The van der Waals surface area contributed by atoms with Gasteiger partial charge >= 0.3 is 6.09 Å². The Morgan fingerprint density at radius 3 is 2.27 bits per heavy atom. The summed E-state index contributed by atoms with van der Waals surface area (Å²) in [5.41, 5.74) is -0.760. The van der Waals surface area contributed by atoms with Crippen molar-refractivity contribution in [3.05, 3.63) is 29.8 Å². The van der Waals surface area contributed by atoms with Crippen molar-refractivity contribution >= 4 is 30.5 Å². The van der Waals surface area contributed by atoms with Gasteiger partial charge in [-0.1, -0.05) is 12.1 Å². The lowest BCUT2D eigenvalue weighted by atomic mass is 9.88. The van der Waals surface area contributed by atoms with Gasteiger partial charge in [0.25, 0.3) is 0 Å². The Balaban J connectivity index is 2.44. The van der Waals surface area contributed by atoms with Gasteiger partial charge < -0.3 is 25.4 Å². The third-order valence-corrected chi connectivity index (χ3v) is 5.47. The lowest BCUT2D eigenvalue weighted by Gasteiger charge is -2.44. The first-order chi connectivity index (χ1) is 15.2. The summed E-state index contributed by atoms with van der Waals surface area (Å²) in [5.74, 6) is -0.740. The summed E-state index contributed by atoms with van der Waals surface area (Å²) in [6, 6.07) is 4.23. The van der Waals surface area contributed by atoms with Gasteiger partial charge in [-0.05, 0) is 78.5 Å². The van der Waals surface area contributed by atoms with E-state index in [1.165, 1.54) is 17.0 Å². The zero-order valence-electron chi connectivity index (χ0n) is 20.3. The molecule has 0 saturated heterocycles. The molecular weight excluding hydrogens is 442 g/mol. The summed E-state index contributed by atoms with van der Waals surface area (Å²) >= 11 is 4.29. The van der Waals surface area contributed by atoms with Gasteiger partial charge in [-0.3, -0.25) is 9.59 Å². The van der Waals surface area contributed by atoms with Crippen LogP contribution in [0.1, 0.15) is 72.4 Å². The summed E-state index contributed by atoms with van der Waals surface area (Å²) in [6.45, 7) is 10.8. The van der Waals surface area contributed by atoms with Crippen molar-refractivity contribution in [1.29, 1.82) is 0 Å². The van der Waals surface area contributed by atoms with Crippen LogP contribution in [0.25, 0.3) is 0 Å². The summed E-state index contributed by atoms with van der Waals surface area (Å²) in [6.07, 6.45) is 1.70. The molecule has 0 bridgehead atoms. The first-order valence-corrected chi connectivity index (χ1v) is 11.9. The number of thiol groups is 1. The molecule has 33 heavy (non-hydrogen) atoms. The molecule has 0 aromatic heterocycles. The highest BCUT2D eigenvalue weighted by atomic mass is 32.1. The van der Waals surface area contributed by atoms with Gasteiger partial charge in [0.2, 0.25) is 11.8 Å². The first-order valence-electron chi connectivity index (χ1n) is 11.3. The number of alkyl carbamates (subject to hydrolysis) is 1. The number of nitrogens with zero attached hydrogens (tertiary/aromatic N) is 1. The second-order valence-corrected chi connectivity index (χ2v) is 10.8. The molecule has 0 radical (unpaired) electrons. The fourth-order valence-electron chi connectivity index (χ4n) is 3.57. The van der Waals surface area contributed by atoms with Gasteiger partial charge in [-0.25, -0.2) is 4.79 Å². The van der Waals surface area contributed by atoms with Crippen molar-refractivity contribution in [2.45, 2.75) is 90.1 Å². The molecule has 3 amide bonds. The van der Waals surface area contributed by atoms with Crippen LogP contribution in [0.2, 0.25) is 0 Å². The smallest absolute Gasteiger partial charge is 0.408 e. The lowest BCUT2D eigenvalue weighted by Crippen LogP contribution is -2.59. The number of ether oxygens (including phenoxy) is 1. The zero-order valence-corrected chi connectivity index (χ0v) is 21.2. The number of hydrogen-bond donors (Lipinski definition) is 4. The van der Waals surface area contributed by atoms with Crippen LogP contribution in [-0.4, -0.2) is 56.9 Å². The highest BCUT2D eigenvalue weighted by Gasteiger charge is 2.42. The van der Waals surface area contributed by atoms with E-state index in [9.17, 15) is 19.5 Å². The predicted molar refractivity (Wildman–Crippen MR) is 130 cm³/mol. The third-order valence-electron chi connectivity index (χ3n) is 5.10. The summed E-state index contributed by atoms with van der Waals surface area (Å²) in [5, 5.41) is 15.6. The molecule has 3 N–H and O–H groups in total. The van der Waals surface area contributed by atoms with E-state index in [-0.39, 0.29) is 23.5 Å². The van der Waals surface area contributed by atoms with Gasteiger partial charge in [0.05, 0.1) is 0 Å². The molecule has 1 aliphatic carbocycles. The molecule has 1 aromatic rings. The van der Waals surface area contributed by atoms with Crippen LogP contribution < -0.4 is 10.6 Å². The number of rotatable bonds is 7. The second-order valence-electron chi connectivity index (χ2n) is 10.4. The van der Waals surface area contributed by atoms with Gasteiger partial charge in [0.1, 0.15) is 23.4 Å². The minimum atomic E-state index is -0.981. The quantitative estimate of drug-likeness (QED) is 0.447. The highest BCUT2D eigenvalue weighted by molar-refractivity contribution is 7.80. The van der Waals surface area contributed by atoms with E-state index in [4.69, 9.17) is 4.74 Å².